The van der Waals surface area contributed by atoms with Crippen molar-refractivity contribution in [2.45, 2.75) is 16.6 Å². The number of para-hydroxylation sites is 2. The molecule has 0 bridgehead atoms. The second-order valence-corrected chi connectivity index (χ2v) is 7.26. The number of phenols is 1. The summed E-state index contributed by atoms with van der Waals surface area (Å²) in [6.07, 6.45) is 0.737. The smallest absolute Gasteiger partial charge is 0.119 e. The van der Waals surface area contributed by atoms with Crippen molar-refractivity contribution in [3.63, 3.8) is 0 Å². The lowest BCUT2D eigenvalue weighted by atomic mass is 10.0. The molecule has 0 spiro atoms. The van der Waals surface area contributed by atoms with Crippen LogP contribution in [-0.2, 0) is 0 Å². The van der Waals surface area contributed by atoms with E-state index in [-0.39, 0.29) is 5.25 Å². The number of nitrogens with zero attached hydrogens (tertiary/aromatic N) is 1. The van der Waals surface area contributed by atoms with Crippen molar-refractivity contribution < 1.29 is 5.11 Å². The van der Waals surface area contributed by atoms with Gasteiger partial charge < -0.3 is 10.8 Å². The van der Waals surface area contributed by atoms with E-state index in [1.165, 1.54) is 0 Å². The highest BCUT2D eigenvalue weighted by Gasteiger charge is 2.24. The van der Waals surface area contributed by atoms with Gasteiger partial charge in [0.2, 0.25) is 0 Å². The van der Waals surface area contributed by atoms with Crippen LogP contribution in [0.3, 0.4) is 0 Å². The lowest BCUT2D eigenvalue weighted by Gasteiger charge is -2.17. The van der Waals surface area contributed by atoms with Gasteiger partial charge in [0.15, 0.2) is 0 Å². The summed E-state index contributed by atoms with van der Waals surface area (Å²) in [7, 11) is 0. The molecule has 0 aliphatic carbocycles. The largest absolute Gasteiger partial charge is 0.508 e. The van der Waals surface area contributed by atoms with Crippen LogP contribution in [0.2, 0.25) is 0 Å². The Hall–Kier alpha value is -2.72. The predicted molar refractivity (Wildman–Crippen MR) is 105 cm³/mol. The van der Waals surface area contributed by atoms with Gasteiger partial charge in [-0.2, -0.15) is 0 Å². The third-order valence-electron chi connectivity index (χ3n) is 4.30. The van der Waals surface area contributed by atoms with Crippen LogP contribution in [0.4, 0.5) is 11.4 Å². The van der Waals surface area contributed by atoms with E-state index in [1.807, 2.05) is 60.7 Å². The normalized spacial score (nSPS) is 16.6. The molecule has 4 heteroatoms. The lowest BCUT2D eigenvalue weighted by Crippen LogP contribution is -2.05. The number of phenolic OH excluding ortho intramolecular Hbond substituents is 1. The lowest BCUT2D eigenvalue weighted by molar-refractivity contribution is 0.468. The monoisotopic (exact) mass is 346 g/mol. The van der Waals surface area contributed by atoms with Gasteiger partial charge in [-0.25, -0.2) is 0 Å². The number of fused-ring (bicyclic) bond motifs is 1. The van der Waals surface area contributed by atoms with Crippen molar-refractivity contribution in [2.24, 2.45) is 4.99 Å². The maximum Gasteiger partial charge on any atom is 0.119 e. The Morgan fingerprint density at radius 1 is 0.920 bits per heavy atom. The molecule has 1 unspecified atom stereocenters. The molecule has 3 aromatic rings. The molecule has 0 saturated carbocycles. The number of hydrogen-bond donors (Lipinski definition) is 2. The minimum Gasteiger partial charge on any atom is -0.508 e. The zero-order valence-corrected chi connectivity index (χ0v) is 14.4. The number of benzene rings is 3. The van der Waals surface area contributed by atoms with Crippen molar-refractivity contribution in [3.05, 3.63) is 83.9 Å². The Bertz CT molecular complexity index is 935. The van der Waals surface area contributed by atoms with E-state index in [4.69, 9.17) is 10.7 Å². The number of thioether (sulfide) groups is 1. The first-order chi connectivity index (χ1) is 12.2. The van der Waals surface area contributed by atoms with Crippen molar-refractivity contribution in [3.8, 4) is 5.75 Å². The van der Waals surface area contributed by atoms with E-state index < -0.39 is 0 Å². The zero-order chi connectivity index (χ0) is 17.2. The quantitative estimate of drug-likeness (QED) is 0.616. The SMILES string of the molecule is Nc1ccc(C2=Nc3ccccc3SC(c3ccccc3O)C2)cc1. The van der Waals surface area contributed by atoms with Crippen molar-refractivity contribution in [1.29, 1.82) is 0 Å². The van der Waals surface area contributed by atoms with Gasteiger partial charge >= 0.3 is 0 Å². The van der Waals surface area contributed by atoms with Crippen molar-refractivity contribution in [2.75, 3.05) is 5.73 Å². The highest BCUT2D eigenvalue weighted by Crippen LogP contribution is 2.47. The summed E-state index contributed by atoms with van der Waals surface area (Å²) >= 11 is 1.75. The number of rotatable bonds is 2. The van der Waals surface area contributed by atoms with Crippen molar-refractivity contribution in [1.82, 2.24) is 0 Å². The summed E-state index contributed by atoms with van der Waals surface area (Å²) in [5.74, 6) is 0.330. The molecule has 0 fully saturated rings. The summed E-state index contributed by atoms with van der Waals surface area (Å²) < 4.78 is 0. The van der Waals surface area contributed by atoms with E-state index in [2.05, 4.69) is 6.07 Å². The van der Waals surface area contributed by atoms with Gasteiger partial charge in [-0.15, -0.1) is 11.8 Å². The van der Waals surface area contributed by atoms with E-state index in [1.54, 1.807) is 17.8 Å². The fraction of sp³-hybridized carbons (Fsp3) is 0.0952. The molecular formula is C21H18N2OS. The van der Waals surface area contributed by atoms with Crippen molar-refractivity contribution >= 4 is 28.8 Å². The van der Waals surface area contributed by atoms with Gasteiger partial charge in [0.25, 0.3) is 0 Å². The average molecular weight is 346 g/mol. The molecule has 1 aliphatic heterocycles. The van der Waals surface area contributed by atoms with E-state index in [0.717, 1.165) is 39.5 Å². The molecular weight excluding hydrogens is 328 g/mol. The molecule has 25 heavy (non-hydrogen) atoms. The Morgan fingerprint density at radius 2 is 1.64 bits per heavy atom. The third-order valence-corrected chi connectivity index (χ3v) is 5.60. The van der Waals surface area contributed by atoms with Gasteiger partial charge in [-0.1, -0.05) is 42.5 Å². The second kappa shape index (κ2) is 6.65. The molecule has 1 atom stereocenters. The predicted octanol–water partition coefficient (Wildman–Crippen LogP) is 5.33. The Labute approximate surface area is 151 Å². The average Bonchev–Trinajstić information content (AvgIpc) is 2.82. The molecule has 0 aromatic heterocycles. The molecule has 1 heterocycles. The standard InChI is InChI=1S/C21H18N2OS/c22-15-11-9-14(10-12-15)18-13-21(16-5-1-3-7-19(16)24)25-20-8-4-2-6-17(20)23-18/h1-12,21,24H,13,22H2. The molecule has 1 aliphatic rings. The zero-order valence-electron chi connectivity index (χ0n) is 13.6. The number of nitrogen functional groups attached to an aromatic ring is 1. The van der Waals surface area contributed by atoms with Gasteiger partial charge in [0, 0.05) is 33.5 Å². The third kappa shape index (κ3) is 3.26. The van der Waals surface area contributed by atoms with Crippen LogP contribution < -0.4 is 5.73 Å². The van der Waals surface area contributed by atoms with E-state index >= 15 is 0 Å². The van der Waals surface area contributed by atoms with Gasteiger partial charge in [-0.3, -0.25) is 4.99 Å². The number of hydrogen-bond acceptors (Lipinski definition) is 4. The molecule has 3 aromatic carbocycles. The summed E-state index contributed by atoms with van der Waals surface area (Å²) in [4.78, 5) is 6.04. The molecule has 4 rings (SSSR count). The molecule has 124 valence electrons. The van der Waals surface area contributed by atoms with Gasteiger partial charge in [0.05, 0.1) is 5.69 Å². The van der Waals surface area contributed by atoms with Gasteiger partial charge in [0.1, 0.15) is 5.75 Å². The summed E-state index contributed by atoms with van der Waals surface area (Å²) in [6, 6.07) is 23.5. The first-order valence-electron chi connectivity index (χ1n) is 8.18. The number of nitrogens with two attached hydrogens (primary N) is 1. The van der Waals surface area contributed by atoms with Crippen LogP contribution in [0.1, 0.15) is 22.8 Å². The Balaban J connectivity index is 1.82. The van der Waals surface area contributed by atoms with Crippen LogP contribution in [0.25, 0.3) is 0 Å². The van der Waals surface area contributed by atoms with Gasteiger partial charge in [-0.05, 0) is 35.9 Å². The van der Waals surface area contributed by atoms with Crippen LogP contribution in [0.5, 0.6) is 5.75 Å². The fourth-order valence-corrected chi connectivity index (χ4v) is 4.27. The maximum atomic E-state index is 10.3. The molecule has 3 N–H and O–H groups in total. The number of aromatic hydroxyl groups is 1. The first kappa shape index (κ1) is 15.8. The Kier molecular flexibility index (Phi) is 4.20. The molecule has 0 radical (unpaired) electrons. The topological polar surface area (TPSA) is 58.6 Å². The molecule has 3 nitrogen and oxygen atoms in total. The maximum absolute atomic E-state index is 10.3. The summed E-state index contributed by atoms with van der Waals surface area (Å²) in [5.41, 5.74) is 10.5. The first-order valence-corrected chi connectivity index (χ1v) is 9.06. The summed E-state index contributed by atoms with van der Waals surface area (Å²) in [6.45, 7) is 0. The highest BCUT2D eigenvalue weighted by atomic mass is 32.2. The van der Waals surface area contributed by atoms with Crippen LogP contribution >= 0.6 is 11.8 Å². The fourth-order valence-electron chi connectivity index (χ4n) is 3.00. The van der Waals surface area contributed by atoms with Crippen LogP contribution in [0, 0.1) is 0 Å². The summed E-state index contributed by atoms with van der Waals surface area (Å²) in [5, 5.41) is 10.4. The number of anilines is 1. The van der Waals surface area contributed by atoms with Crippen LogP contribution in [0.15, 0.2) is 82.7 Å². The minimum absolute atomic E-state index is 0.0983. The Morgan fingerprint density at radius 3 is 2.44 bits per heavy atom. The number of aliphatic imine (C=N–C) groups is 1. The van der Waals surface area contributed by atoms with E-state index in [9.17, 15) is 5.11 Å². The molecule has 0 saturated heterocycles. The van der Waals surface area contributed by atoms with E-state index in [0.29, 0.717) is 5.75 Å². The highest BCUT2D eigenvalue weighted by molar-refractivity contribution is 7.99. The molecule has 0 amide bonds. The van der Waals surface area contributed by atoms with Crippen LogP contribution in [-0.4, -0.2) is 10.8 Å². The second-order valence-electron chi connectivity index (χ2n) is 6.02. The minimum atomic E-state index is 0.0983.